The Hall–Kier alpha value is -1.93. The molecule has 8 heteroatoms. The molecule has 1 aromatic heterocycles. The highest BCUT2D eigenvalue weighted by Crippen LogP contribution is 2.50. The van der Waals surface area contributed by atoms with Gasteiger partial charge >= 0.3 is 0 Å². The van der Waals surface area contributed by atoms with Crippen molar-refractivity contribution in [3.8, 4) is 0 Å². The number of aromatic nitrogens is 1. The molecule has 3 N–H and O–H groups in total. The largest absolute Gasteiger partial charge is 0.379 e. The molecule has 4 rings (SSSR count). The first kappa shape index (κ1) is 19.4. The maximum Gasteiger partial charge on any atom is 0.274 e. The second-order valence-corrected chi connectivity index (χ2v) is 9.09. The normalized spacial score (nSPS) is 24.2. The molecular formula is C20H20BrFN4OS. The van der Waals surface area contributed by atoms with Gasteiger partial charge in [0.2, 0.25) is 0 Å². The van der Waals surface area contributed by atoms with Crippen molar-refractivity contribution in [3.05, 3.63) is 58.1 Å². The van der Waals surface area contributed by atoms with Crippen LogP contribution in [-0.2, 0) is 5.54 Å². The Morgan fingerprint density at radius 3 is 2.96 bits per heavy atom. The molecule has 1 saturated carbocycles. The maximum absolute atomic E-state index is 14.9. The number of nitrogens with zero attached hydrogens (tertiary/aromatic N) is 2. The molecule has 146 valence electrons. The Labute approximate surface area is 175 Å². The monoisotopic (exact) mass is 462 g/mol. The standard InChI is InChI=1S/C20H20BrFN4OS/c21-13-4-7-17(24-10-13)18(27)25-14-5-6-16(22)15(9-14)20-8-2-1-3-12(20)11-28-19(23)26-20/h4-7,9-10,12H,1-3,8,11H2,(H2,23,26)(H,25,27). The molecule has 28 heavy (non-hydrogen) atoms. The smallest absolute Gasteiger partial charge is 0.274 e. The van der Waals surface area contributed by atoms with Gasteiger partial charge in [-0.15, -0.1) is 0 Å². The zero-order valence-corrected chi connectivity index (χ0v) is 17.5. The predicted molar refractivity (Wildman–Crippen MR) is 114 cm³/mol. The van der Waals surface area contributed by atoms with Gasteiger partial charge in [0.15, 0.2) is 5.17 Å². The molecule has 1 amide bonds. The Kier molecular flexibility index (Phi) is 5.42. The van der Waals surface area contributed by atoms with Crippen molar-refractivity contribution in [3.63, 3.8) is 0 Å². The van der Waals surface area contributed by atoms with Gasteiger partial charge in [0.1, 0.15) is 11.5 Å². The SMILES string of the molecule is NC1=NC2(c3cc(NC(=O)c4ccc(Br)cn4)ccc3F)CCCCC2CS1. The maximum atomic E-state index is 14.9. The van der Waals surface area contributed by atoms with Crippen LogP contribution in [0.15, 0.2) is 46.0 Å². The number of benzene rings is 1. The average Bonchev–Trinajstić information content (AvgIpc) is 2.69. The number of anilines is 1. The van der Waals surface area contributed by atoms with E-state index in [0.29, 0.717) is 22.1 Å². The number of thioether (sulfide) groups is 1. The zero-order chi connectivity index (χ0) is 19.7. The number of halogens is 2. The number of pyridine rings is 1. The summed E-state index contributed by atoms with van der Waals surface area (Å²) in [7, 11) is 0. The first-order chi connectivity index (χ1) is 13.5. The van der Waals surface area contributed by atoms with Crippen LogP contribution < -0.4 is 11.1 Å². The zero-order valence-electron chi connectivity index (χ0n) is 15.1. The van der Waals surface area contributed by atoms with E-state index in [2.05, 4.69) is 26.2 Å². The van der Waals surface area contributed by atoms with Gasteiger partial charge in [-0.3, -0.25) is 9.79 Å². The van der Waals surface area contributed by atoms with Gasteiger partial charge in [-0.05, 0) is 65.0 Å². The Bertz CT molecular complexity index is 936. The minimum atomic E-state index is -0.645. The van der Waals surface area contributed by atoms with Gasteiger partial charge in [-0.1, -0.05) is 24.6 Å². The number of fused-ring (bicyclic) bond motifs is 1. The quantitative estimate of drug-likeness (QED) is 0.693. The molecule has 1 fully saturated rings. The molecule has 1 aliphatic carbocycles. The van der Waals surface area contributed by atoms with E-state index in [0.717, 1.165) is 35.9 Å². The minimum absolute atomic E-state index is 0.243. The summed E-state index contributed by atoms with van der Waals surface area (Å²) in [5.41, 5.74) is 6.72. The molecule has 2 heterocycles. The van der Waals surface area contributed by atoms with E-state index in [9.17, 15) is 9.18 Å². The summed E-state index contributed by atoms with van der Waals surface area (Å²) in [5.74, 6) is 0.431. The first-order valence-corrected chi connectivity index (χ1v) is 11.0. The van der Waals surface area contributed by atoms with Gasteiger partial charge in [0.05, 0.1) is 5.54 Å². The van der Waals surface area contributed by atoms with Crippen molar-refractivity contribution < 1.29 is 9.18 Å². The van der Waals surface area contributed by atoms with E-state index in [1.165, 1.54) is 17.8 Å². The summed E-state index contributed by atoms with van der Waals surface area (Å²) in [6.07, 6.45) is 5.43. The van der Waals surface area contributed by atoms with Crippen LogP contribution in [-0.4, -0.2) is 21.8 Å². The van der Waals surface area contributed by atoms with Crippen LogP contribution in [0.25, 0.3) is 0 Å². The van der Waals surface area contributed by atoms with Crippen LogP contribution in [0.2, 0.25) is 0 Å². The summed E-state index contributed by atoms with van der Waals surface area (Å²) >= 11 is 4.84. The molecule has 0 spiro atoms. The van der Waals surface area contributed by atoms with Crippen molar-refractivity contribution >= 4 is 44.5 Å². The molecule has 2 unspecified atom stereocenters. The van der Waals surface area contributed by atoms with Gasteiger partial charge < -0.3 is 11.1 Å². The van der Waals surface area contributed by atoms with Crippen LogP contribution in [0.5, 0.6) is 0 Å². The fourth-order valence-electron chi connectivity index (χ4n) is 4.07. The Morgan fingerprint density at radius 2 is 2.18 bits per heavy atom. The number of amidine groups is 1. The third-order valence-electron chi connectivity index (χ3n) is 5.43. The predicted octanol–water partition coefficient (Wildman–Crippen LogP) is 4.68. The first-order valence-electron chi connectivity index (χ1n) is 9.19. The topological polar surface area (TPSA) is 80.4 Å². The summed E-state index contributed by atoms with van der Waals surface area (Å²) < 4.78 is 15.7. The minimum Gasteiger partial charge on any atom is -0.379 e. The van der Waals surface area contributed by atoms with Crippen LogP contribution in [0.3, 0.4) is 0 Å². The van der Waals surface area contributed by atoms with E-state index in [1.54, 1.807) is 30.5 Å². The van der Waals surface area contributed by atoms with Crippen molar-refractivity contribution in [1.82, 2.24) is 4.98 Å². The van der Waals surface area contributed by atoms with Crippen LogP contribution in [0.1, 0.15) is 41.7 Å². The van der Waals surface area contributed by atoms with E-state index in [4.69, 9.17) is 10.7 Å². The Morgan fingerprint density at radius 1 is 1.32 bits per heavy atom. The number of carbonyl (C=O) groups excluding carboxylic acids is 1. The van der Waals surface area contributed by atoms with Gasteiger partial charge in [-0.25, -0.2) is 9.37 Å². The van der Waals surface area contributed by atoms with Gasteiger partial charge in [0, 0.05) is 27.7 Å². The van der Waals surface area contributed by atoms with Crippen molar-refractivity contribution in [2.45, 2.75) is 31.2 Å². The molecule has 2 atom stereocenters. The second kappa shape index (κ2) is 7.83. The number of carbonyl (C=O) groups is 1. The molecule has 0 saturated heterocycles. The molecular weight excluding hydrogens is 443 g/mol. The third-order valence-corrected chi connectivity index (χ3v) is 6.85. The lowest BCUT2D eigenvalue weighted by Gasteiger charge is -2.44. The summed E-state index contributed by atoms with van der Waals surface area (Å²) in [6.45, 7) is 0. The van der Waals surface area contributed by atoms with Gasteiger partial charge in [-0.2, -0.15) is 0 Å². The number of aliphatic imine (C=N–C) groups is 1. The van der Waals surface area contributed by atoms with Crippen LogP contribution in [0, 0.1) is 11.7 Å². The number of rotatable bonds is 3. The van der Waals surface area contributed by atoms with Crippen molar-refractivity contribution in [1.29, 1.82) is 0 Å². The number of nitrogens with one attached hydrogen (secondary N) is 1. The van der Waals surface area contributed by atoms with E-state index in [1.807, 2.05) is 0 Å². The summed E-state index contributed by atoms with van der Waals surface area (Å²) in [4.78, 5) is 21.3. The summed E-state index contributed by atoms with van der Waals surface area (Å²) in [5, 5.41) is 3.33. The average molecular weight is 463 g/mol. The molecule has 0 bridgehead atoms. The molecule has 5 nitrogen and oxygen atoms in total. The van der Waals surface area contributed by atoms with E-state index >= 15 is 0 Å². The van der Waals surface area contributed by atoms with Crippen LogP contribution >= 0.6 is 27.7 Å². The second-order valence-electron chi connectivity index (χ2n) is 7.14. The molecule has 1 aliphatic heterocycles. The molecule has 1 aromatic carbocycles. The lowest BCUT2D eigenvalue weighted by molar-refractivity contribution is 0.102. The highest BCUT2D eigenvalue weighted by atomic mass is 79.9. The lowest BCUT2D eigenvalue weighted by atomic mass is 9.69. The molecule has 2 aliphatic rings. The van der Waals surface area contributed by atoms with Crippen molar-refractivity contribution in [2.24, 2.45) is 16.6 Å². The number of hydrogen-bond donors (Lipinski definition) is 2. The number of amides is 1. The van der Waals surface area contributed by atoms with Crippen LogP contribution in [0.4, 0.5) is 10.1 Å². The van der Waals surface area contributed by atoms with Crippen molar-refractivity contribution in [2.75, 3.05) is 11.1 Å². The number of nitrogens with two attached hydrogens (primary N) is 1. The number of hydrogen-bond acceptors (Lipinski definition) is 5. The fourth-order valence-corrected chi connectivity index (χ4v) is 5.34. The summed E-state index contributed by atoms with van der Waals surface area (Å²) in [6, 6.07) is 8.05. The third kappa shape index (κ3) is 3.67. The fraction of sp³-hybridized carbons (Fsp3) is 0.350. The highest BCUT2D eigenvalue weighted by Gasteiger charge is 2.46. The molecule has 2 aromatic rings. The Balaban J connectivity index is 1.68. The van der Waals surface area contributed by atoms with E-state index < -0.39 is 5.54 Å². The van der Waals surface area contributed by atoms with E-state index in [-0.39, 0.29) is 17.6 Å². The molecule has 0 radical (unpaired) electrons. The highest BCUT2D eigenvalue weighted by molar-refractivity contribution is 9.10. The lowest BCUT2D eigenvalue weighted by Crippen LogP contribution is -2.43. The van der Waals surface area contributed by atoms with Gasteiger partial charge in [0.25, 0.3) is 5.91 Å².